The van der Waals surface area contributed by atoms with Crippen LogP contribution in [0.4, 0.5) is 0 Å². The van der Waals surface area contributed by atoms with E-state index in [1.807, 2.05) is 24.3 Å². The summed E-state index contributed by atoms with van der Waals surface area (Å²) >= 11 is 9.53. The molecule has 0 aliphatic rings. The zero-order valence-electron chi connectivity index (χ0n) is 11.5. The average Bonchev–Trinajstić information content (AvgIpc) is 2.87. The molecule has 0 aliphatic carbocycles. The van der Waals surface area contributed by atoms with E-state index in [4.69, 9.17) is 20.8 Å². The fourth-order valence-corrected chi connectivity index (χ4v) is 2.73. The topological polar surface area (TPSA) is 34.4 Å². The van der Waals surface area contributed by atoms with E-state index in [1.54, 1.807) is 13.4 Å². The fourth-order valence-electron chi connectivity index (χ4n) is 2.06. The normalized spacial score (nSPS) is 12.4. The lowest BCUT2D eigenvalue weighted by atomic mass is 10.0. The summed E-state index contributed by atoms with van der Waals surface area (Å²) in [6.07, 6.45) is 2.73. The minimum atomic E-state index is 0.0363. The highest BCUT2D eigenvalue weighted by atomic mass is 79.9. The fraction of sp³-hybridized carbons (Fsp3) is 0.333. The third-order valence-electron chi connectivity index (χ3n) is 3.06. The molecule has 2 aromatic rings. The van der Waals surface area contributed by atoms with Crippen LogP contribution in [0.25, 0.3) is 0 Å². The van der Waals surface area contributed by atoms with Crippen LogP contribution < -0.4 is 10.1 Å². The van der Waals surface area contributed by atoms with Crippen molar-refractivity contribution in [3.63, 3.8) is 0 Å². The van der Waals surface area contributed by atoms with Crippen molar-refractivity contribution in [3.05, 3.63) is 51.3 Å². The second-order valence-corrected chi connectivity index (χ2v) is 5.56. The Labute approximate surface area is 132 Å². The molecule has 0 amide bonds. The van der Waals surface area contributed by atoms with Gasteiger partial charge in [-0.1, -0.05) is 24.6 Å². The molecule has 20 heavy (non-hydrogen) atoms. The van der Waals surface area contributed by atoms with E-state index in [-0.39, 0.29) is 6.04 Å². The van der Waals surface area contributed by atoms with E-state index in [1.165, 1.54) is 0 Å². The standard InChI is InChI=1S/C15H17BrClNO2/c1-3-7-18-14(11-6-8-20-15(11)16)10-4-5-12(17)13(9-10)19-2/h4-6,8-9,14,18H,3,7H2,1-2H3. The number of halogens is 2. The van der Waals surface area contributed by atoms with Crippen LogP contribution in [0, 0.1) is 0 Å². The first-order valence-electron chi connectivity index (χ1n) is 6.47. The lowest BCUT2D eigenvalue weighted by Gasteiger charge is -2.19. The minimum absolute atomic E-state index is 0.0363. The molecular formula is C15H17BrClNO2. The van der Waals surface area contributed by atoms with Gasteiger partial charge in [0, 0.05) is 5.56 Å². The van der Waals surface area contributed by atoms with Crippen LogP contribution in [0.15, 0.2) is 39.6 Å². The van der Waals surface area contributed by atoms with Gasteiger partial charge in [-0.3, -0.25) is 0 Å². The van der Waals surface area contributed by atoms with Crippen LogP contribution >= 0.6 is 27.5 Å². The van der Waals surface area contributed by atoms with Crippen molar-refractivity contribution in [1.29, 1.82) is 0 Å². The Morgan fingerprint density at radius 1 is 1.40 bits per heavy atom. The number of benzene rings is 1. The van der Waals surface area contributed by atoms with Crippen molar-refractivity contribution in [2.45, 2.75) is 19.4 Å². The second kappa shape index (κ2) is 7.16. The van der Waals surface area contributed by atoms with Gasteiger partial charge in [-0.05, 0) is 52.7 Å². The molecule has 0 fully saturated rings. The summed E-state index contributed by atoms with van der Waals surface area (Å²) in [6, 6.07) is 7.80. The van der Waals surface area contributed by atoms with Crippen molar-refractivity contribution in [3.8, 4) is 5.75 Å². The van der Waals surface area contributed by atoms with Gasteiger partial charge in [0.15, 0.2) is 4.67 Å². The Morgan fingerprint density at radius 3 is 2.80 bits per heavy atom. The first-order valence-corrected chi connectivity index (χ1v) is 7.64. The largest absolute Gasteiger partial charge is 0.495 e. The van der Waals surface area contributed by atoms with Crippen LogP contribution in [0.1, 0.15) is 30.5 Å². The van der Waals surface area contributed by atoms with E-state index in [0.717, 1.165) is 28.8 Å². The van der Waals surface area contributed by atoms with E-state index < -0.39 is 0 Å². The number of furan rings is 1. The van der Waals surface area contributed by atoms with Crippen LogP contribution in [0.3, 0.4) is 0 Å². The molecule has 0 spiro atoms. The average molecular weight is 359 g/mol. The number of methoxy groups -OCH3 is 1. The van der Waals surface area contributed by atoms with Gasteiger partial charge in [0.05, 0.1) is 24.4 Å². The van der Waals surface area contributed by atoms with Crippen molar-refractivity contribution >= 4 is 27.5 Å². The highest BCUT2D eigenvalue weighted by Crippen LogP contribution is 2.33. The Bertz CT molecular complexity index is 571. The molecule has 108 valence electrons. The molecule has 1 heterocycles. The molecule has 0 aliphatic heterocycles. The Kier molecular flexibility index (Phi) is 5.52. The van der Waals surface area contributed by atoms with Crippen molar-refractivity contribution in [1.82, 2.24) is 5.32 Å². The summed E-state index contributed by atoms with van der Waals surface area (Å²) < 4.78 is 11.4. The van der Waals surface area contributed by atoms with E-state index in [9.17, 15) is 0 Å². The maximum absolute atomic E-state index is 6.09. The van der Waals surface area contributed by atoms with Crippen molar-refractivity contribution in [2.24, 2.45) is 0 Å². The first-order chi connectivity index (χ1) is 9.67. The summed E-state index contributed by atoms with van der Waals surface area (Å²) in [6.45, 7) is 3.05. The van der Waals surface area contributed by atoms with E-state index in [2.05, 4.69) is 28.2 Å². The molecule has 2 rings (SSSR count). The molecule has 5 heteroatoms. The lowest BCUT2D eigenvalue weighted by molar-refractivity contribution is 0.413. The molecule has 1 unspecified atom stereocenters. The molecule has 3 nitrogen and oxygen atoms in total. The minimum Gasteiger partial charge on any atom is -0.495 e. The molecule has 1 aromatic heterocycles. The van der Waals surface area contributed by atoms with Gasteiger partial charge in [0.2, 0.25) is 0 Å². The molecule has 0 radical (unpaired) electrons. The molecule has 0 saturated heterocycles. The van der Waals surface area contributed by atoms with Gasteiger partial charge in [-0.15, -0.1) is 0 Å². The smallest absolute Gasteiger partial charge is 0.174 e. The number of hydrogen-bond donors (Lipinski definition) is 1. The van der Waals surface area contributed by atoms with Gasteiger partial charge >= 0.3 is 0 Å². The number of rotatable bonds is 6. The maximum atomic E-state index is 6.09. The summed E-state index contributed by atoms with van der Waals surface area (Å²) in [5, 5.41) is 4.12. The Morgan fingerprint density at radius 2 is 2.20 bits per heavy atom. The third kappa shape index (κ3) is 3.37. The van der Waals surface area contributed by atoms with Crippen molar-refractivity contribution < 1.29 is 9.15 Å². The van der Waals surface area contributed by atoms with E-state index >= 15 is 0 Å². The zero-order valence-corrected chi connectivity index (χ0v) is 13.8. The molecule has 0 saturated carbocycles. The molecular weight excluding hydrogens is 342 g/mol. The van der Waals surface area contributed by atoms with Gasteiger partial charge < -0.3 is 14.5 Å². The van der Waals surface area contributed by atoms with Crippen LogP contribution in [-0.4, -0.2) is 13.7 Å². The van der Waals surface area contributed by atoms with Gasteiger partial charge in [0.25, 0.3) is 0 Å². The van der Waals surface area contributed by atoms with Crippen LogP contribution in [0.5, 0.6) is 5.75 Å². The molecule has 1 aromatic carbocycles. The monoisotopic (exact) mass is 357 g/mol. The van der Waals surface area contributed by atoms with Gasteiger partial charge in [0.1, 0.15) is 5.75 Å². The molecule has 1 atom stereocenters. The maximum Gasteiger partial charge on any atom is 0.174 e. The first kappa shape index (κ1) is 15.4. The summed E-state index contributed by atoms with van der Waals surface area (Å²) in [4.78, 5) is 0. The summed E-state index contributed by atoms with van der Waals surface area (Å²) in [7, 11) is 1.62. The van der Waals surface area contributed by atoms with Gasteiger partial charge in [-0.25, -0.2) is 0 Å². The Balaban J connectivity index is 2.38. The van der Waals surface area contributed by atoms with E-state index in [0.29, 0.717) is 10.8 Å². The zero-order chi connectivity index (χ0) is 14.5. The van der Waals surface area contributed by atoms with Crippen LogP contribution in [0.2, 0.25) is 5.02 Å². The highest BCUT2D eigenvalue weighted by molar-refractivity contribution is 9.10. The molecule has 0 bridgehead atoms. The molecule has 1 N–H and O–H groups in total. The van der Waals surface area contributed by atoms with Gasteiger partial charge in [-0.2, -0.15) is 0 Å². The third-order valence-corrected chi connectivity index (χ3v) is 4.02. The Hall–Kier alpha value is -0.970. The van der Waals surface area contributed by atoms with Crippen molar-refractivity contribution in [2.75, 3.05) is 13.7 Å². The quantitative estimate of drug-likeness (QED) is 0.806. The number of nitrogens with one attached hydrogen (secondary N) is 1. The second-order valence-electron chi connectivity index (χ2n) is 4.43. The lowest BCUT2D eigenvalue weighted by Crippen LogP contribution is -2.23. The SMILES string of the molecule is CCCNC(c1ccc(Cl)c(OC)c1)c1ccoc1Br. The number of hydrogen-bond acceptors (Lipinski definition) is 3. The summed E-state index contributed by atoms with van der Waals surface area (Å²) in [5.74, 6) is 0.673. The predicted octanol–water partition coefficient (Wildman–Crippen LogP) is 4.79. The highest BCUT2D eigenvalue weighted by Gasteiger charge is 2.19. The summed E-state index contributed by atoms with van der Waals surface area (Å²) in [5.41, 5.74) is 2.14. The van der Waals surface area contributed by atoms with Crippen LogP contribution in [-0.2, 0) is 0 Å². The number of ether oxygens (including phenoxy) is 1. The predicted molar refractivity (Wildman–Crippen MR) is 84.5 cm³/mol.